The first-order chi connectivity index (χ1) is 7.70. The van der Waals surface area contributed by atoms with Crippen LogP contribution in [-0.2, 0) is 11.2 Å². The molecule has 0 saturated heterocycles. The van der Waals surface area contributed by atoms with Gasteiger partial charge < -0.3 is 13.6 Å². The standard InChI is InChI=1S/C12H15NO3/c1-8-12(16-9(2)13-8)11(14-3)6-10-4-5-15-7-10/h4-5,7,11H,6H2,1-3H3. The Labute approximate surface area is 94.2 Å². The lowest BCUT2D eigenvalue weighted by molar-refractivity contribution is 0.0826. The molecule has 0 aromatic carbocycles. The van der Waals surface area contributed by atoms with Crippen LogP contribution in [0.5, 0.6) is 0 Å². The summed E-state index contributed by atoms with van der Waals surface area (Å²) in [5.74, 6) is 1.46. The van der Waals surface area contributed by atoms with E-state index in [0.717, 1.165) is 23.4 Å². The van der Waals surface area contributed by atoms with Gasteiger partial charge in [0.05, 0.1) is 18.2 Å². The lowest BCUT2D eigenvalue weighted by atomic mass is 10.1. The van der Waals surface area contributed by atoms with Crippen LogP contribution in [0.2, 0.25) is 0 Å². The van der Waals surface area contributed by atoms with Crippen LogP contribution in [-0.4, -0.2) is 12.1 Å². The molecule has 4 heteroatoms. The fourth-order valence-corrected chi connectivity index (χ4v) is 1.75. The highest BCUT2D eigenvalue weighted by molar-refractivity contribution is 5.15. The normalized spacial score (nSPS) is 12.9. The zero-order chi connectivity index (χ0) is 11.5. The topological polar surface area (TPSA) is 48.4 Å². The number of hydrogen-bond donors (Lipinski definition) is 0. The van der Waals surface area contributed by atoms with Crippen LogP contribution >= 0.6 is 0 Å². The Morgan fingerprint density at radius 2 is 2.25 bits per heavy atom. The minimum absolute atomic E-state index is 0.112. The summed E-state index contributed by atoms with van der Waals surface area (Å²) in [5, 5.41) is 0. The van der Waals surface area contributed by atoms with Gasteiger partial charge in [-0.3, -0.25) is 0 Å². The van der Waals surface area contributed by atoms with E-state index in [0.29, 0.717) is 5.89 Å². The zero-order valence-corrected chi connectivity index (χ0v) is 9.69. The molecule has 86 valence electrons. The summed E-state index contributed by atoms with van der Waals surface area (Å²) in [5.41, 5.74) is 1.97. The Bertz CT molecular complexity index is 445. The van der Waals surface area contributed by atoms with E-state index in [1.165, 1.54) is 0 Å². The summed E-state index contributed by atoms with van der Waals surface area (Å²) < 4.78 is 16.0. The predicted octanol–water partition coefficient (Wildman–Crippen LogP) is 2.81. The van der Waals surface area contributed by atoms with Crippen molar-refractivity contribution in [1.29, 1.82) is 0 Å². The summed E-state index contributed by atoms with van der Waals surface area (Å²) in [6, 6.07) is 1.92. The maximum absolute atomic E-state index is 5.55. The minimum atomic E-state index is -0.112. The predicted molar refractivity (Wildman–Crippen MR) is 58.1 cm³/mol. The Kier molecular flexibility index (Phi) is 3.10. The van der Waals surface area contributed by atoms with E-state index >= 15 is 0 Å². The van der Waals surface area contributed by atoms with Crippen molar-refractivity contribution >= 4 is 0 Å². The maximum atomic E-state index is 5.55. The van der Waals surface area contributed by atoms with Gasteiger partial charge in [-0.1, -0.05) is 0 Å². The summed E-state index contributed by atoms with van der Waals surface area (Å²) in [6.07, 6.45) is 3.98. The highest BCUT2D eigenvalue weighted by Crippen LogP contribution is 2.25. The number of aryl methyl sites for hydroxylation is 2. The molecule has 1 atom stereocenters. The van der Waals surface area contributed by atoms with E-state index in [9.17, 15) is 0 Å². The second-order valence-corrected chi connectivity index (χ2v) is 3.74. The molecule has 0 aliphatic heterocycles. The molecule has 2 heterocycles. The Morgan fingerprint density at radius 3 is 2.75 bits per heavy atom. The quantitative estimate of drug-likeness (QED) is 0.796. The summed E-state index contributed by atoms with van der Waals surface area (Å²) in [7, 11) is 1.67. The van der Waals surface area contributed by atoms with E-state index in [1.807, 2.05) is 19.9 Å². The van der Waals surface area contributed by atoms with Crippen molar-refractivity contribution in [3.05, 3.63) is 41.5 Å². The molecule has 0 fully saturated rings. The molecule has 0 spiro atoms. The van der Waals surface area contributed by atoms with Crippen molar-refractivity contribution in [2.24, 2.45) is 0 Å². The third kappa shape index (κ3) is 2.17. The molecule has 16 heavy (non-hydrogen) atoms. The van der Waals surface area contributed by atoms with Crippen LogP contribution in [0.1, 0.15) is 29.0 Å². The van der Waals surface area contributed by atoms with E-state index in [-0.39, 0.29) is 6.10 Å². The van der Waals surface area contributed by atoms with Crippen molar-refractivity contribution in [3.63, 3.8) is 0 Å². The number of hydrogen-bond acceptors (Lipinski definition) is 4. The van der Waals surface area contributed by atoms with Crippen LogP contribution < -0.4 is 0 Å². The second-order valence-electron chi connectivity index (χ2n) is 3.74. The lowest BCUT2D eigenvalue weighted by Gasteiger charge is -2.11. The van der Waals surface area contributed by atoms with Gasteiger partial charge in [0.1, 0.15) is 6.10 Å². The molecule has 2 rings (SSSR count). The van der Waals surface area contributed by atoms with Gasteiger partial charge >= 0.3 is 0 Å². The smallest absolute Gasteiger partial charge is 0.191 e. The maximum Gasteiger partial charge on any atom is 0.191 e. The third-order valence-corrected chi connectivity index (χ3v) is 2.52. The van der Waals surface area contributed by atoms with Crippen LogP contribution in [0.3, 0.4) is 0 Å². The molecule has 0 aliphatic rings. The lowest BCUT2D eigenvalue weighted by Crippen LogP contribution is -2.05. The van der Waals surface area contributed by atoms with Crippen LogP contribution in [0, 0.1) is 13.8 Å². The Balaban J connectivity index is 2.19. The molecule has 4 nitrogen and oxygen atoms in total. The monoisotopic (exact) mass is 221 g/mol. The molecule has 0 N–H and O–H groups in total. The third-order valence-electron chi connectivity index (χ3n) is 2.52. The SMILES string of the molecule is COC(Cc1ccoc1)c1oc(C)nc1C. The summed E-state index contributed by atoms with van der Waals surface area (Å²) >= 11 is 0. The summed E-state index contributed by atoms with van der Waals surface area (Å²) in [4.78, 5) is 4.24. The zero-order valence-electron chi connectivity index (χ0n) is 9.69. The molecule has 2 aromatic heterocycles. The first-order valence-corrected chi connectivity index (χ1v) is 5.18. The fraction of sp³-hybridized carbons (Fsp3) is 0.417. The number of methoxy groups -OCH3 is 1. The molecule has 0 bridgehead atoms. The molecule has 0 radical (unpaired) electrons. The molecule has 1 unspecified atom stereocenters. The van der Waals surface area contributed by atoms with Crippen molar-refractivity contribution in [3.8, 4) is 0 Å². The molecule has 0 amide bonds. The second kappa shape index (κ2) is 4.53. The highest BCUT2D eigenvalue weighted by atomic mass is 16.5. The van der Waals surface area contributed by atoms with E-state index in [1.54, 1.807) is 19.6 Å². The van der Waals surface area contributed by atoms with E-state index < -0.39 is 0 Å². The number of nitrogens with zero attached hydrogens (tertiary/aromatic N) is 1. The van der Waals surface area contributed by atoms with Crippen molar-refractivity contribution in [1.82, 2.24) is 4.98 Å². The van der Waals surface area contributed by atoms with Crippen molar-refractivity contribution in [2.75, 3.05) is 7.11 Å². The van der Waals surface area contributed by atoms with Crippen LogP contribution in [0.25, 0.3) is 0 Å². The van der Waals surface area contributed by atoms with Gasteiger partial charge in [-0.25, -0.2) is 4.98 Å². The van der Waals surface area contributed by atoms with Gasteiger partial charge in [0.15, 0.2) is 11.7 Å². The van der Waals surface area contributed by atoms with Gasteiger partial charge in [-0.2, -0.15) is 0 Å². The minimum Gasteiger partial charge on any atom is -0.472 e. The van der Waals surface area contributed by atoms with Crippen LogP contribution in [0.4, 0.5) is 0 Å². The van der Waals surface area contributed by atoms with Gasteiger partial charge in [-0.15, -0.1) is 0 Å². The highest BCUT2D eigenvalue weighted by Gasteiger charge is 2.19. The van der Waals surface area contributed by atoms with E-state index in [2.05, 4.69) is 4.98 Å². The average molecular weight is 221 g/mol. The molecular formula is C12H15NO3. The van der Waals surface area contributed by atoms with Gasteiger partial charge in [0, 0.05) is 20.5 Å². The van der Waals surface area contributed by atoms with Gasteiger partial charge in [-0.05, 0) is 18.6 Å². The number of oxazole rings is 1. The number of aromatic nitrogens is 1. The fourth-order valence-electron chi connectivity index (χ4n) is 1.75. The van der Waals surface area contributed by atoms with Gasteiger partial charge in [0.25, 0.3) is 0 Å². The van der Waals surface area contributed by atoms with Crippen molar-refractivity contribution < 1.29 is 13.6 Å². The summed E-state index contributed by atoms with van der Waals surface area (Å²) in [6.45, 7) is 3.76. The largest absolute Gasteiger partial charge is 0.472 e. The molecule has 0 aliphatic carbocycles. The van der Waals surface area contributed by atoms with Gasteiger partial charge in [0.2, 0.25) is 0 Å². The molecular weight excluding hydrogens is 206 g/mol. The Hall–Kier alpha value is -1.55. The van der Waals surface area contributed by atoms with Crippen LogP contribution in [0.15, 0.2) is 27.4 Å². The Morgan fingerprint density at radius 1 is 1.44 bits per heavy atom. The first kappa shape index (κ1) is 11.0. The molecule has 0 saturated carbocycles. The van der Waals surface area contributed by atoms with Crippen molar-refractivity contribution in [2.45, 2.75) is 26.4 Å². The van der Waals surface area contributed by atoms with E-state index in [4.69, 9.17) is 13.6 Å². The molecule has 2 aromatic rings. The number of ether oxygens (including phenoxy) is 1. The first-order valence-electron chi connectivity index (χ1n) is 5.18. The number of rotatable bonds is 4. The number of furan rings is 1. The average Bonchev–Trinajstić information content (AvgIpc) is 2.85.